The third-order valence-electron chi connectivity index (χ3n) is 4.31. The molecule has 1 aromatic rings. The summed E-state index contributed by atoms with van der Waals surface area (Å²) >= 11 is 0. The van der Waals surface area contributed by atoms with Gasteiger partial charge in [0.2, 0.25) is 0 Å². The zero-order chi connectivity index (χ0) is 17.3. The van der Waals surface area contributed by atoms with E-state index < -0.39 is 5.60 Å². The Morgan fingerprint density at radius 3 is 2.42 bits per heavy atom. The highest BCUT2D eigenvalue weighted by Crippen LogP contribution is 2.31. The molecule has 2 fully saturated rings. The molecule has 2 N–H and O–H groups in total. The molecule has 0 aliphatic carbocycles. The fourth-order valence-electron chi connectivity index (χ4n) is 3.22. The van der Waals surface area contributed by atoms with Gasteiger partial charge in [-0.2, -0.15) is 15.4 Å². The van der Waals surface area contributed by atoms with E-state index in [9.17, 15) is 9.59 Å². The molecule has 2 aliphatic rings. The van der Waals surface area contributed by atoms with Gasteiger partial charge >= 0.3 is 12.1 Å². The summed E-state index contributed by atoms with van der Waals surface area (Å²) in [6.07, 6.45) is 1.32. The number of aromatic nitrogens is 3. The molecule has 9 nitrogen and oxygen atoms in total. The second-order valence-electron chi connectivity index (χ2n) is 7.43. The summed E-state index contributed by atoms with van der Waals surface area (Å²) < 4.78 is 5.42. The Labute approximate surface area is 140 Å². The van der Waals surface area contributed by atoms with Crippen LogP contribution in [0.15, 0.2) is 6.20 Å². The average molecular weight is 336 g/mol. The van der Waals surface area contributed by atoms with E-state index >= 15 is 0 Å². The van der Waals surface area contributed by atoms with Crippen LogP contribution in [0.2, 0.25) is 0 Å². The standard InChI is InChI=1S/C15H24N6O3/c1-15(2,3)24-14(23)21-8-10-6-20(7-11(10)9-21)13(22)16-4-12-5-17-19-18-12/h5,10-11H,4,6-9H2,1-3H3,(H,16,22)(H,17,18,19)/t10-,11+. The smallest absolute Gasteiger partial charge is 0.410 e. The van der Waals surface area contributed by atoms with Crippen molar-refractivity contribution < 1.29 is 14.3 Å². The Morgan fingerprint density at radius 1 is 1.25 bits per heavy atom. The average Bonchev–Trinajstić information content (AvgIpc) is 3.18. The van der Waals surface area contributed by atoms with Gasteiger partial charge in [-0.05, 0) is 20.8 Å². The number of likely N-dealkylation sites (tertiary alicyclic amines) is 2. The zero-order valence-corrected chi connectivity index (χ0v) is 14.3. The van der Waals surface area contributed by atoms with Crippen molar-refractivity contribution in [3.63, 3.8) is 0 Å². The molecular formula is C15H24N6O3. The van der Waals surface area contributed by atoms with E-state index in [0.717, 1.165) is 0 Å². The van der Waals surface area contributed by atoms with Crippen LogP contribution in [0.3, 0.4) is 0 Å². The number of urea groups is 1. The molecule has 9 heteroatoms. The van der Waals surface area contributed by atoms with Crippen LogP contribution in [0.4, 0.5) is 9.59 Å². The van der Waals surface area contributed by atoms with Gasteiger partial charge in [0.15, 0.2) is 0 Å². The number of ether oxygens (including phenoxy) is 1. The summed E-state index contributed by atoms with van der Waals surface area (Å²) in [6, 6.07) is -0.101. The molecule has 3 amide bonds. The van der Waals surface area contributed by atoms with E-state index in [4.69, 9.17) is 4.74 Å². The number of carbonyl (C=O) groups excluding carboxylic acids is 2. The highest BCUT2D eigenvalue weighted by molar-refractivity contribution is 5.74. The number of aromatic amines is 1. The summed E-state index contributed by atoms with van der Waals surface area (Å²) in [5.74, 6) is 0.630. The Morgan fingerprint density at radius 2 is 1.88 bits per heavy atom. The number of nitrogens with zero attached hydrogens (tertiary/aromatic N) is 4. The van der Waals surface area contributed by atoms with E-state index in [2.05, 4.69) is 20.7 Å². The summed E-state index contributed by atoms with van der Waals surface area (Å²) in [6.45, 7) is 8.56. The van der Waals surface area contributed by atoms with Crippen molar-refractivity contribution in [2.24, 2.45) is 11.8 Å². The largest absolute Gasteiger partial charge is 0.444 e. The fourth-order valence-corrected chi connectivity index (χ4v) is 3.22. The summed E-state index contributed by atoms with van der Waals surface area (Å²) in [5, 5.41) is 13.0. The number of hydrogen-bond donors (Lipinski definition) is 2. The lowest BCUT2D eigenvalue weighted by molar-refractivity contribution is 0.0277. The summed E-state index contributed by atoms with van der Waals surface area (Å²) in [5.41, 5.74) is 0.209. The maximum atomic E-state index is 12.2. The first-order valence-corrected chi connectivity index (χ1v) is 8.17. The van der Waals surface area contributed by atoms with Gasteiger partial charge in [-0.1, -0.05) is 0 Å². The predicted octanol–water partition coefficient (Wildman–Crippen LogP) is 0.813. The number of rotatable bonds is 2. The van der Waals surface area contributed by atoms with Gasteiger partial charge in [-0.3, -0.25) is 0 Å². The molecular weight excluding hydrogens is 312 g/mol. The number of H-pyrrole nitrogens is 1. The molecule has 3 heterocycles. The molecule has 0 aromatic carbocycles. The van der Waals surface area contributed by atoms with Gasteiger partial charge < -0.3 is 19.9 Å². The van der Waals surface area contributed by atoms with Crippen molar-refractivity contribution in [1.29, 1.82) is 0 Å². The minimum Gasteiger partial charge on any atom is -0.444 e. The lowest BCUT2D eigenvalue weighted by Crippen LogP contribution is -2.41. The quantitative estimate of drug-likeness (QED) is 0.832. The Kier molecular flexibility index (Phi) is 4.33. The third-order valence-corrected chi connectivity index (χ3v) is 4.31. The van der Waals surface area contributed by atoms with Crippen molar-refractivity contribution in [2.75, 3.05) is 26.2 Å². The molecule has 0 unspecified atom stereocenters. The Hall–Kier alpha value is -2.32. The molecule has 2 atom stereocenters. The van der Waals surface area contributed by atoms with E-state index in [1.807, 2.05) is 25.7 Å². The van der Waals surface area contributed by atoms with Gasteiger partial charge in [0.1, 0.15) is 11.3 Å². The highest BCUT2D eigenvalue weighted by Gasteiger charge is 2.43. The monoisotopic (exact) mass is 336 g/mol. The highest BCUT2D eigenvalue weighted by atomic mass is 16.6. The third kappa shape index (κ3) is 3.77. The molecule has 1 aromatic heterocycles. The van der Waals surface area contributed by atoms with Gasteiger partial charge in [-0.15, -0.1) is 0 Å². The number of hydrogen-bond acceptors (Lipinski definition) is 5. The molecule has 2 aliphatic heterocycles. The molecule has 0 bridgehead atoms. The minimum absolute atomic E-state index is 0.101. The number of amides is 3. The molecule has 0 spiro atoms. The molecule has 0 saturated carbocycles. The van der Waals surface area contributed by atoms with E-state index in [0.29, 0.717) is 50.3 Å². The normalized spacial score (nSPS) is 23.3. The molecule has 2 saturated heterocycles. The van der Waals surface area contributed by atoms with Gasteiger partial charge in [0, 0.05) is 38.0 Å². The van der Waals surface area contributed by atoms with Gasteiger partial charge in [0.25, 0.3) is 0 Å². The van der Waals surface area contributed by atoms with E-state index in [1.165, 1.54) is 0 Å². The van der Waals surface area contributed by atoms with Crippen LogP contribution >= 0.6 is 0 Å². The van der Waals surface area contributed by atoms with Crippen molar-refractivity contribution in [1.82, 2.24) is 30.5 Å². The SMILES string of the molecule is CC(C)(C)OC(=O)N1C[C@H]2CN(C(=O)NCc3cn[nH]n3)C[C@H]2C1. The molecule has 24 heavy (non-hydrogen) atoms. The van der Waals surface area contributed by atoms with Crippen LogP contribution in [0.5, 0.6) is 0 Å². The minimum atomic E-state index is -0.484. The van der Waals surface area contributed by atoms with Gasteiger partial charge in [-0.25, -0.2) is 9.59 Å². The van der Waals surface area contributed by atoms with Crippen LogP contribution in [0.25, 0.3) is 0 Å². The second kappa shape index (κ2) is 6.29. The zero-order valence-electron chi connectivity index (χ0n) is 14.3. The molecule has 132 valence electrons. The topological polar surface area (TPSA) is 103 Å². The first-order valence-electron chi connectivity index (χ1n) is 8.17. The first kappa shape index (κ1) is 16.5. The number of fused-ring (bicyclic) bond motifs is 1. The van der Waals surface area contributed by atoms with Crippen molar-refractivity contribution in [3.8, 4) is 0 Å². The maximum absolute atomic E-state index is 12.2. The Bertz CT molecular complexity index is 583. The van der Waals surface area contributed by atoms with Crippen LogP contribution in [0, 0.1) is 11.8 Å². The summed E-state index contributed by atoms with van der Waals surface area (Å²) in [7, 11) is 0. The first-order chi connectivity index (χ1) is 11.3. The molecule has 0 radical (unpaired) electrons. The van der Waals surface area contributed by atoms with Crippen LogP contribution < -0.4 is 5.32 Å². The van der Waals surface area contributed by atoms with Crippen molar-refractivity contribution in [3.05, 3.63) is 11.9 Å². The molecule has 3 rings (SSSR count). The van der Waals surface area contributed by atoms with Crippen LogP contribution in [0.1, 0.15) is 26.5 Å². The number of nitrogens with one attached hydrogen (secondary N) is 2. The van der Waals surface area contributed by atoms with Gasteiger partial charge in [0.05, 0.1) is 12.7 Å². The Balaban J connectivity index is 1.46. The lowest BCUT2D eigenvalue weighted by atomic mass is 10.0. The second-order valence-corrected chi connectivity index (χ2v) is 7.43. The van der Waals surface area contributed by atoms with E-state index in [-0.39, 0.29) is 12.1 Å². The fraction of sp³-hybridized carbons (Fsp3) is 0.733. The van der Waals surface area contributed by atoms with Crippen molar-refractivity contribution >= 4 is 12.1 Å². The lowest BCUT2D eigenvalue weighted by Gasteiger charge is -2.26. The van der Waals surface area contributed by atoms with Crippen LogP contribution in [-0.2, 0) is 11.3 Å². The van der Waals surface area contributed by atoms with Crippen LogP contribution in [-0.4, -0.2) is 69.1 Å². The van der Waals surface area contributed by atoms with Crippen molar-refractivity contribution in [2.45, 2.75) is 32.9 Å². The maximum Gasteiger partial charge on any atom is 0.410 e. The predicted molar refractivity (Wildman–Crippen MR) is 85.0 cm³/mol. The van der Waals surface area contributed by atoms with E-state index in [1.54, 1.807) is 11.1 Å². The number of carbonyl (C=O) groups is 2. The summed E-state index contributed by atoms with van der Waals surface area (Å²) in [4.78, 5) is 27.9.